The topological polar surface area (TPSA) is 111 Å². The summed E-state index contributed by atoms with van der Waals surface area (Å²) in [6, 6.07) is 0. The van der Waals surface area contributed by atoms with Gasteiger partial charge in [-0.05, 0) is 38.8 Å². The lowest BCUT2D eigenvalue weighted by molar-refractivity contribution is -0.133. The van der Waals surface area contributed by atoms with E-state index in [1.54, 1.807) is 0 Å². The van der Waals surface area contributed by atoms with E-state index in [2.05, 4.69) is 10.1 Å². The third kappa shape index (κ3) is 9.85. The smallest absolute Gasteiger partial charge is 0.294 e. The Morgan fingerprint density at radius 1 is 1.38 bits per heavy atom. The Morgan fingerprint density at radius 2 is 2.12 bits per heavy atom. The second-order valence-electron chi connectivity index (χ2n) is 3.70. The molecular formula is C10H23N3O3. The maximum absolute atomic E-state index is 9.93. The van der Waals surface area contributed by atoms with Crippen molar-refractivity contribution < 1.29 is 14.6 Å². The van der Waals surface area contributed by atoms with Crippen LogP contribution in [-0.4, -0.2) is 43.5 Å². The van der Waals surface area contributed by atoms with E-state index in [-0.39, 0.29) is 6.10 Å². The Labute approximate surface area is 96.3 Å². The van der Waals surface area contributed by atoms with Crippen LogP contribution in [-0.2, 0) is 9.53 Å². The van der Waals surface area contributed by atoms with E-state index in [9.17, 15) is 9.90 Å². The zero-order chi connectivity index (χ0) is 12.2. The van der Waals surface area contributed by atoms with Gasteiger partial charge in [-0.25, -0.2) is 0 Å². The molecule has 0 saturated heterocycles. The Hall–Kier alpha value is -0.690. The van der Waals surface area contributed by atoms with Gasteiger partial charge in [0.1, 0.15) is 0 Å². The van der Waals surface area contributed by atoms with Gasteiger partial charge >= 0.3 is 0 Å². The number of carbonyl (C=O) groups is 1. The van der Waals surface area contributed by atoms with E-state index in [1.165, 1.54) is 0 Å². The van der Waals surface area contributed by atoms with Crippen molar-refractivity contribution in [2.75, 3.05) is 19.6 Å². The Morgan fingerprint density at radius 3 is 2.75 bits per heavy atom. The third-order valence-corrected chi connectivity index (χ3v) is 2.20. The van der Waals surface area contributed by atoms with Crippen LogP contribution in [0.2, 0.25) is 0 Å². The molecule has 0 saturated carbocycles. The van der Waals surface area contributed by atoms with Crippen LogP contribution in [0.4, 0.5) is 0 Å². The van der Waals surface area contributed by atoms with Gasteiger partial charge in [0, 0.05) is 6.54 Å². The first-order valence-electron chi connectivity index (χ1n) is 5.64. The highest BCUT2D eigenvalue weighted by Crippen LogP contribution is 1.98. The molecule has 6 nitrogen and oxygen atoms in total. The second kappa shape index (κ2) is 10.8. The number of unbranched alkanes of at least 4 members (excludes halogenated alkanes) is 1. The maximum Gasteiger partial charge on any atom is 0.294 e. The van der Waals surface area contributed by atoms with E-state index in [1.807, 2.05) is 0 Å². The number of aliphatic hydroxyl groups excluding tert-OH is 1. The summed E-state index contributed by atoms with van der Waals surface area (Å²) in [7, 11) is 0. The molecule has 16 heavy (non-hydrogen) atoms. The molecule has 0 radical (unpaired) electrons. The van der Waals surface area contributed by atoms with E-state index in [0.717, 1.165) is 19.4 Å². The summed E-state index contributed by atoms with van der Waals surface area (Å²) >= 11 is 0. The number of ether oxygens (including phenoxy) is 1. The lowest BCUT2D eigenvalue weighted by Crippen LogP contribution is -2.29. The minimum atomic E-state index is -0.500. The first-order chi connectivity index (χ1) is 7.70. The molecule has 0 rings (SSSR count). The molecule has 96 valence electrons. The number of carbonyl (C=O) groups excluding carboxylic acids is 1. The molecule has 0 aliphatic heterocycles. The van der Waals surface area contributed by atoms with Gasteiger partial charge in [-0.2, -0.15) is 0 Å². The van der Waals surface area contributed by atoms with Crippen molar-refractivity contribution in [3.05, 3.63) is 0 Å². The lowest BCUT2D eigenvalue weighted by atomic mass is 10.2. The first kappa shape index (κ1) is 15.3. The molecule has 0 bridgehead atoms. The van der Waals surface area contributed by atoms with E-state index in [0.29, 0.717) is 32.4 Å². The SMILES string of the molecule is NCCC(O)CNCCCCC(N)OC=O. The van der Waals surface area contributed by atoms with Crippen molar-refractivity contribution in [2.45, 2.75) is 38.0 Å². The standard InChI is InChI=1S/C10H23N3O3/c11-5-4-9(15)7-13-6-2-1-3-10(12)16-8-14/h8-10,13,15H,1-7,11-12H2. The lowest BCUT2D eigenvalue weighted by Gasteiger charge is -2.11. The fraction of sp³-hybridized carbons (Fsp3) is 0.900. The Kier molecular flexibility index (Phi) is 10.3. The molecule has 0 amide bonds. The van der Waals surface area contributed by atoms with Gasteiger partial charge in [0.2, 0.25) is 0 Å². The van der Waals surface area contributed by atoms with Gasteiger partial charge < -0.3 is 20.9 Å². The molecule has 0 heterocycles. The molecule has 0 fully saturated rings. The monoisotopic (exact) mass is 233 g/mol. The molecule has 2 atom stereocenters. The minimum absolute atomic E-state index is 0.367. The highest BCUT2D eigenvalue weighted by molar-refractivity contribution is 5.37. The summed E-state index contributed by atoms with van der Waals surface area (Å²) < 4.78 is 4.54. The number of rotatable bonds is 11. The zero-order valence-corrected chi connectivity index (χ0v) is 9.60. The highest BCUT2D eigenvalue weighted by atomic mass is 16.5. The number of nitrogens with two attached hydrogens (primary N) is 2. The maximum atomic E-state index is 9.93. The highest BCUT2D eigenvalue weighted by Gasteiger charge is 2.02. The molecule has 6 N–H and O–H groups in total. The third-order valence-electron chi connectivity index (χ3n) is 2.20. The summed E-state index contributed by atoms with van der Waals surface area (Å²) in [5.74, 6) is 0. The predicted octanol–water partition coefficient (Wildman–Crippen LogP) is -1.09. The van der Waals surface area contributed by atoms with Gasteiger partial charge in [-0.1, -0.05) is 0 Å². The van der Waals surface area contributed by atoms with Crippen molar-refractivity contribution in [1.82, 2.24) is 5.32 Å². The van der Waals surface area contributed by atoms with Crippen molar-refractivity contribution in [3.63, 3.8) is 0 Å². The minimum Gasteiger partial charge on any atom is -0.449 e. The van der Waals surface area contributed by atoms with Crippen molar-refractivity contribution in [1.29, 1.82) is 0 Å². The molecule has 0 aromatic heterocycles. The van der Waals surface area contributed by atoms with Crippen LogP contribution in [0.3, 0.4) is 0 Å². The molecule has 0 spiro atoms. The molecule has 6 heteroatoms. The average molecular weight is 233 g/mol. The molecule has 0 aromatic carbocycles. The fourth-order valence-electron chi connectivity index (χ4n) is 1.30. The fourth-order valence-corrected chi connectivity index (χ4v) is 1.30. The van der Waals surface area contributed by atoms with Crippen LogP contribution >= 0.6 is 0 Å². The predicted molar refractivity (Wildman–Crippen MR) is 61.5 cm³/mol. The van der Waals surface area contributed by atoms with Gasteiger partial charge in [0.15, 0.2) is 6.23 Å². The van der Waals surface area contributed by atoms with E-state index in [4.69, 9.17) is 11.5 Å². The van der Waals surface area contributed by atoms with Gasteiger partial charge in [0.25, 0.3) is 6.47 Å². The summed E-state index contributed by atoms with van der Waals surface area (Å²) in [5, 5.41) is 12.5. The molecular weight excluding hydrogens is 210 g/mol. The van der Waals surface area contributed by atoms with E-state index < -0.39 is 6.23 Å². The van der Waals surface area contributed by atoms with Crippen molar-refractivity contribution in [2.24, 2.45) is 11.5 Å². The van der Waals surface area contributed by atoms with Gasteiger partial charge in [0.05, 0.1) is 6.10 Å². The van der Waals surface area contributed by atoms with Crippen LogP contribution in [0.5, 0.6) is 0 Å². The number of aliphatic hydroxyl groups is 1. The largest absolute Gasteiger partial charge is 0.449 e. The van der Waals surface area contributed by atoms with Gasteiger partial charge in [-0.15, -0.1) is 0 Å². The molecule has 0 aliphatic rings. The second-order valence-corrected chi connectivity index (χ2v) is 3.70. The van der Waals surface area contributed by atoms with Crippen LogP contribution in [0, 0.1) is 0 Å². The number of hydrogen-bond donors (Lipinski definition) is 4. The first-order valence-corrected chi connectivity index (χ1v) is 5.64. The summed E-state index contributed by atoms with van der Waals surface area (Å²) in [4.78, 5) is 9.93. The normalized spacial score (nSPS) is 14.4. The number of hydrogen-bond acceptors (Lipinski definition) is 6. The summed E-state index contributed by atoms with van der Waals surface area (Å²) in [5.41, 5.74) is 10.8. The van der Waals surface area contributed by atoms with Crippen LogP contribution in [0.25, 0.3) is 0 Å². The van der Waals surface area contributed by atoms with Crippen LogP contribution in [0.1, 0.15) is 25.7 Å². The molecule has 2 unspecified atom stereocenters. The number of nitrogens with one attached hydrogen (secondary N) is 1. The van der Waals surface area contributed by atoms with Crippen LogP contribution < -0.4 is 16.8 Å². The molecule has 0 aliphatic carbocycles. The summed E-state index contributed by atoms with van der Waals surface area (Å²) in [6.45, 7) is 2.25. The zero-order valence-electron chi connectivity index (χ0n) is 9.60. The average Bonchev–Trinajstić information content (AvgIpc) is 2.24. The summed E-state index contributed by atoms with van der Waals surface area (Å²) in [6.07, 6.45) is 2.22. The van der Waals surface area contributed by atoms with Crippen LogP contribution in [0.15, 0.2) is 0 Å². The van der Waals surface area contributed by atoms with Crippen molar-refractivity contribution >= 4 is 6.47 Å². The van der Waals surface area contributed by atoms with Crippen molar-refractivity contribution in [3.8, 4) is 0 Å². The van der Waals surface area contributed by atoms with Gasteiger partial charge in [-0.3, -0.25) is 10.5 Å². The Bertz CT molecular complexity index is 169. The van der Waals surface area contributed by atoms with E-state index >= 15 is 0 Å². The quantitative estimate of drug-likeness (QED) is 0.205. The Balaban J connectivity index is 3.17. The molecule has 0 aromatic rings.